The van der Waals surface area contributed by atoms with E-state index in [1.807, 2.05) is 66.7 Å². The normalized spacial score (nSPS) is 21.5. The van der Waals surface area contributed by atoms with Crippen molar-refractivity contribution in [2.45, 2.75) is 22.9 Å². The monoisotopic (exact) mass is 430 g/mol. The largest absolute Gasteiger partial charge is 0.395 e. The topological polar surface area (TPSA) is 81.4 Å². The molecule has 5 nitrogen and oxygen atoms in total. The molecule has 3 atom stereocenters. The van der Waals surface area contributed by atoms with Crippen LogP contribution in [-0.4, -0.2) is 36.5 Å². The Kier molecular flexibility index (Phi) is 6.01. The quantitative estimate of drug-likeness (QED) is 0.602. The summed E-state index contributed by atoms with van der Waals surface area (Å²) in [5.74, 6) is -0.426. The van der Waals surface area contributed by atoms with E-state index in [1.54, 1.807) is 18.2 Å². The average Bonchev–Trinajstić information content (AvgIpc) is 2.79. The molecule has 0 spiro atoms. The van der Waals surface area contributed by atoms with Crippen LogP contribution in [0.5, 0.6) is 0 Å². The summed E-state index contributed by atoms with van der Waals surface area (Å²) in [5.41, 5.74) is 2.78. The number of aliphatic hydroxyl groups excluding tert-OH is 1. The lowest BCUT2D eigenvalue weighted by atomic mass is 9.76. The van der Waals surface area contributed by atoms with Crippen molar-refractivity contribution in [2.75, 3.05) is 6.61 Å². The van der Waals surface area contributed by atoms with Gasteiger partial charge in [0, 0.05) is 5.92 Å². The third-order valence-electron chi connectivity index (χ3n) is 5.60. The fourth-order valence-electron chi connectivity index (χ4n) is 4.10. The molecule has 1 saturated heterocycles. The molecule has 0 radical (unpaired) electrons. The molecule has 31 heavy (non-hydrogen) atoms. The molecule has 3 aromatic rings. The first kappa shape index (κ1) is 21.0. The summed E-state index contributed by atoms with van der Waals surface area (Å²) < 4.78 is 27.5. The van der Waals surface area contributed by atoms with E-state index < -0.39 is 28.0 Å². The predicted octanol–water partition coefficient (Wildman–Crippen LogP) is 3.90. The van der Waals surface area contributed by atoms with Crippen molar-refractivity contribution < 1.29 is 13.5 Å². The van der Waals surface area contributed by atoms with Gasteiger partial charge >= 0.3 is 0 Å². The molecular weight excluding hydrogens is 408 g/mol. The number of rotatable bonds is 6. The van der Waals surface area contributed by atoms with Crippen LogP contribution in [0.4, 0.5) is 0 Å². The molecule has 0 amide bonds. The summed E-state index contributed by atoms with van der Waals surface area (Å²) in [6.45, 7) is -0.369. The first-order valence-corrected chi connectivity index (χ1v) is 11.4. The van der Waals surface area contributed by atoms with Gasteiger partial charge in [-0.3, -0.25) is 0 Å². The molecule has 1 aliphatic rings. The molecule has 0 unspecified atom stereocenters. The Labute approximate surface area is 182 Å². The Hall–Kier alpha value is -3.24. The van der Waals surface area contributed by atoms with Crippen molar-refractivity contribution in [3.8, 4) is 6.07 Å². The second kappa shape index (κ2) is 8.86. The van der Waals surface area contributed by atoms with Crippen LogP contribution in [-0.2, 0) is 10.0 Å². The molecule has 0 saturated carbocycles. The number of sulfonamides is 1. The molecule has 4 rings (SSSR count). The Morgan fingerprint density at radius 2 is 1.52 bits per heavy atom. The van der Waals surface area contributed by atoms with Gasteiger partial charge < -0.3 is 5.11 Å². The second-order valence-corrected chi connectivity index (χ2v) is 9.21. The fourth-order valence-corrected chi connectivity index (χ4v) is 5.87. The third-order valence-corrected chi connectivity index (χ3v) is 7.52. The molecule has 1 N–H and O–H groups in total. The average molecular weight is 431 g/mol. The summed E-state index contributed by atoms with van der Waals surface area (Å²) in [7, 11) is -3.90. The molecule has 1 heterocycles. The number of aliphatic hydroxyl groups is 1. The maximum Gasteiger partial charge on any atom is 0.244 e. The van der Waals surface area contributed by atoms with Crippen molar-refractivity contribution in [3.63, 3.8) is 0 Å². The number of nitrogens with zero attached hydrogens (tertiary/aromatic N) is 2. The van der Waals surface area contributed by atoms with E-state index in [2.05, 4.69) is 6.07 Å². The Balaban J connectivity index is 1.70. The summed E-state index contributed by atoms with van der Waals surface area (Å²) in [5, 5.41) is 19.9. The maximum absolute atomic E-state index is 13.2. The molecule has 6 heteroatoms. The smallest absolute Gasteiger partial charge is 0.244 e. The van der Waals surface area contributed by atoms with Gasteiger partial charge in [0.2, 0.25) is 10.0 Å². The zero-order valence-electron chi connectivity index (χ0n) is 16.7. The van der Waals surface area contributed by atoms with Crippen molar-refractivity contribution in [3.05, 3.63) is 102 Å². The summed E-state index contributed by atoms with van der Waals surface area (Å²) in [6, 6.07) is 26.0. The molecule has 1 fully saturated rings. The highest BCUT2D eigenvalue weighted by molar-refractivity contribution is 7.89. The summed E-state index contributed by atoms with van der Waals surface area (Å²) >= 11 is 0. The van der Waals surface area contributed by atoms with Gasteiger partial charge in [0.25, 0.3) is 0 Å². The number of nitriles is 1. The molecule has 0 aromatic heterocycles. The van der Waals surface area contributed by atoms with Crippen LogP contribution in [0.25, 0.3) is 12.2 Å². The first-order valence-electron chi connectivity index (χ1n) is 9.99. The zero-order valence-corrected chi connectivity index (χ0v) is 17.6. The van der Waals surface area contributed by atoms with E-state index in [0.29, 0.717) is 0 Å². The van der Waals surface area contributed by atoms with Crippen LogP contribution in [0.1, 0.15) is 22.6 Å². The van der Waals surface area contributed by atoms with Crippen molar-refractivity contribution in [1.29, 1.82) is 5.26 Å². The first-order chi connectivity index (χ1) is 15.1. The minimum Gasteiger partial charge on any atom is -0.395 e. The number of hydrogen-bond donors (Lipinski definition) is 1. The van der Waals surface area contributed by atoms with Crippen molar-refractivity contribution in [1.82, 2.24) is 4.31 Å². The Morgan fingerprint density at radius 1 is 0.903 bits per heavy atom. The van der Waals surface area contributed by atoms with Gasteiger partial charge in [-0.1, -0.05) is 84.9 Å². The molecular formula is C25H22N2O3S. The number of hydrogen-bond acceptors (Lipinski definition) is 4. The van der Waals surface area contributed by atoms with Crippen LogP contribution < -0.4 is 0 Å². The SMILES string of the molecule is N#C[C@@H]1[C@H](c2ccccc2/C=C/c2ccccc2)[C@H](CO)N1S(=O)(=O)c1ccccc1. The van der Waals surface area contributed by atoms with Gasteiger partial charge in [-0.25, -0.2) is 8.42 Å². The van der Waals surface area contributed by atoms with Gasteiger partial charge in [-0.2, -0.15) is 9.57 Å². The van der Waals surface area contributed by atoms with Crippen molar-refractivity contribution >= 4 is 22.2 Å². The van der Waals surface area contributed by atoms with E-state index in [-0.39, 0.29) is 11.5 Å². The minimum absolute atomic E-state index is 0.115. The number of benzene rings is 3. The molecule has 0 bridgehead atoms. The van der Waals surface area contributed by atoms with Crippen LogP contribution >= 0.6 is 0 Å². The second-order valence-electron chi connectivity index (χ2n) is 7.37. The summed E-state index contributed by atoms with van der Waals surface area (Å²) in [4.78, 5) is 0.115. The molecule has 0 aliphatic carbocycles. The van der Waals surface area contributed by atoms with E-state index in [9.17, 15) is 18.8 Å². The lowest BCUT2D eigenvalue weighted by Crippen LogP contribution is -2.65. The highest BCUT2D eigenvalue weighted by Crippen LogP contribution is 2.45. The lowest BCUT2D eigenvalue weighted by Gasteiger charge is -2.50. The van der Waals surface area contributed by atoms with Gasteiger partial charge in [-0.05, 0) is 28.8 Å². The highest BCUT2D eigenvalue weighted by Gasteiger charge is 2.55. The standard InChI is InChI=1S/C25H22N2O3S/c26-17-23-25(24(18-28)27(23)31(29,30)21-12-5-2-6-13-21)22-14-8-7-11-20(22)16-15-19-9-3-1-4-10-19/h1-16,23-25,28H,18H2/b16-15+/t23-,24+,25+/m1/s1. The summed E-state index contributed by atoms with van der Waals surface area (Å²) in [6.07, 6.45) is 3.94. The highest BCUT2D eigenvalue weighted by atomic mass is 32.2. The van der Waals surface area contributed by atoms with Crippen molar-refractivity contribution in [2.24, 2.45) is 0 Å². The Bertz CT molecular complexity index is 1220. The third kappa shape index (κ3) is 3.91. The molecule has 1 aliphatic heterocycles. The van der Waals surface area contributed by atoms with Gasteiger partial charge in [0.1, 0.15) is 6.04 Å². The van der Waals surface area contributed by atoms with Crippen LogP contribution in [0, 0.1) is 11.3 Å². The Morgan fingerprint density at radius 3 is 2.16 bits per heavy atom. The zero-order chi connectivity index (χ0) is 21.8. The van der Waals surface area contributed by atoms with Gasteiger partial charge in [-0.15, -0.1) is 0 Å². The van der Waals surface area contributed by atoms with E-state index in [0.717, 1.165) is 21.0 Å². The maximum atomic E-state index is 13.2. The van der Waals surface area contributed by atoms with Gasteiger partial charge in [0.05, 0.1) is 23.6 Å². The molecule has 156 valence electrons. The fraction of sp³-hybridized carbons (Fsp3) is 0.160. The molecule has 3 aromatic carbocycles. The minimum atomic E-state index is -3.90. The predicted molar refractivity (Wildman–Crippen MR) is 120 cm³/mol. The lowest BCUT2D eigenvalue weighted by molar-refractivity contribution is 0.0556. The van der Waals surface area contributed by atoms with E-state index >= 15 is 0 Å². The van der Waals surface area contributed by atoms with Gasteiger partial charge in [0.15, 0.2) is 0 Å². The van der Waals surface area contributed by atoms with Crippen LogP contribution in [0.3, 0.4) is 0 Å². The van der Waals surface area contributed by atoms with E-state index in [1.165, 1.54) is 12.1 Å². The van der Waals surface area contributed by atoms with Crippen LogP contribution in [0.15, 0.2) is 89.8 Å². The van der Waals surface area contributed by atoms with E-state index in [4.69, 9.17) is 0 Å². The van der Waals surface area contributed by atoms with Crippen LogP contribution in [0.2, 0.25) is 0 Å².